The molecule has 1 atom stereocenters. The van der Waals surface area contributed by atoms with Crippen LogP contribution in [0, 0.1) is 0 Å². The van der Waals surface area contributed by atoms with E-state index in [1.165, 1.54) is 11.8 Å². The number of anilines is 1. The lowest BCUT2D eigenvalue weighted by molar-refractivity contribution is -0.115. The summed E-state index contributed by atoms with van der Waals surface area (Å²) < 4.78 is 0. The van der Waals surface area contributed by atoms with E-state index in [4.69, 9.17) is 11.6 Å². The van der Waals surface area contributed by atoms with Gasteiger partial charge in [-0.25, -0.2) is 4.98 Å². The smallest absolute Gasteiger partial charge is 0.237 e. The summed E-state index contributed by atoms with van der Waals surface area (Å²) in [6.45, 7) is 5.87. The van der Waals surface area contributed by atoms with Crippen LogP contribution in [0.3, 0.4) is 0 Å². The summed E-state index contributed by atoms with van der Waals surface area (Å²) in [4.78, 5) is 16.5. The predicted molar refractivity (Wildman–Crippen MR) is 85.9 cm³/mol. The molecule has 0 bridgehead atoms. The van der Waals surface area contributed by atoms with Gasteiger partial charge in [-0.05, 0) is 19.1 Å². The highest BCUT2D eigenvalue weighted by Gasteiger charge is 2.18. The molecule has 5 nitrogen and oxygen atoms in total. The zero-order valence-electron chi connectivity index (χ0n) is 12.1. The van der Waals surface area contributed by atoms with Gasteiger partial charge in [-0.2, -0.15) is 0 Å². The monoisotopic (exact) mass is 324 g/mol. The molecule has 0 aliphatic carbocycles. The first kappa shape index (κ1) is 15.9. The number of aromatic nitrogens is 3. The molecule has 112 valence electrons. The molecule has 0 radical (unpaired) electrons. The Morgan fingerprint density at radius 1 is 1.33 bits per heavy atom. The highest BCUT2D eigenvalue weighted by molar-refractivity contribution is 8.00. The zero-order valence-corrected chi connectivity index (χ0v) is 13.6. The number of amides is 1. The van der Waals surface area contributed by atoms with Gasteiger partial charge in [0, 0.05) is 5.92 Å². The van der Waals surface area contributed by atoms with Crippen molar-refractivity contribution in [3.63, 3.8) is 0 Å². The third-order valence-corrected chi connectivity index (χ3v) is 4.10. The lowest BCUT2D eigenvalue weighted by Crippen LogP contribution is -2.22. The quantitative estimate of drug-likeness (QED) is 0.823. The van der Waals surface area contributed by atoms with Crippen molar-refractivity contribution in [2.45, 2.75) is 37.1 Å². The molecule has 0 fully saturated rings. The molecule has 1 unspecified atom stereocenters. The van der Waals surface area contributed by atoms with E-state index in [2.05, 4.69) is 20.5 Å². The van der Waals surface area contributed by atoms with Crippen molar-refractivity contribution >= 4 is 35.0 Å². The Hall–Kier alpha value is -1.53. The summed E-state index contributed by atoms with van der Waals surface area (Å²) in [5.74, 6) is 0.958. The molecule has 21 heavy (non-hydrogen) atoms. The Morgan fingerprint density at radius 2 is 2.05 bits per heavy atom. The molecular weight excluding hydrogens is 308 g/mol. The minimum Gasteiger partial charge on any atom is -0.324 e. The third-order valence-electron chi connectivity index (χ3n) is 2.81. The average Bonchev–Trinajstić information content (AvgIpc) is 2.90. The van der Waals surface area contributed by atoms with Crippen molar-refractivity contribution in [1.29, 1.82) is 0 Å². The van der Waals surface area contributed by atoms with Gasteiger partial charge >= 0.3 is 0 Å². The number of nitrogens with zero attached hydrogens (tertiary/aromatic N) is 2. The van der Waals surface area contributed by atoms with Gasteiger partial charge in [0.15, 0.2) is 0 Å². The Bertz CT molecular complexity index is 629. The number of para-hydroxylation sites is 1. The molecule has 2 rings (SSSR count). The molecule has 0 spiro atoms. The molecule has 2 N–H and O–H groups in total. The van der Waals surface area contributed by atoms with Gasteiger partial charge in [0.05, 0.1) is 16.0 Å². The highest BCUT2D eigenvalue weighted by atomic mass is 35.5. The van der Waals surface area contributed by atoms with Gasteiger partial charge in [0.1, 0.15) is 5.82 Å². The van der Waals surface area contributed by atoms with Crippen LogP contribution in [0.1, 0.15) is 32.5 Å². The maximum absolute atomic E-state index is 12.2. The lowest BCUT2D eigenvalue weighted by Gasteiger charge is -2.11. The van der Waals surface area contributed by atoms with Crippen molar-refractivity contribution in [1.82, 2.24) is 15.2 Å². The number of H-pyrrole nitrogens is 1. The van der Waals surface area contributed by atoms with Crippen LogP contribution in [0.15, 0.2) is 29.4 Å². The molecule has 0 saturated carbocycles. The largest absolute Gasteiger partial charge is 0.324 e. The van der Waals surface area contributed by atoms with Crippen molar-refractivity contribution < 1.29 is 4.79 Å². The molecule has 1 amide bonds. The van der Waals surface area contributed by atoms with E-state index in [1.807, 2.05) is 32.9 Å². The summed E-state index contributed by atoms with van der Waals surface area (Å²) in [6.07, 6.45) is 0. The number of thioether (sulfide) groups is 1. The lowest BCUT2D eigenvalue weighted by atomic mass is 10.2. The van der Waals surface area contributed by atoms with E-state index in [-0.39, 0.29) is 17.1 Å². The van der Waals surface area contributed by atoms with E-state index >= 15 is 0 Å². The number of hydrogen-bond donors (Lipinski definition) is 2. The predicted octanol–water partition coefficient (Wildman–Crippen LogP) is 3.70. The normalized spacial score (nSPS) is 12.4. The molecule has 0 aliphatic rings. The molecule has 1 aromatic heterocycles. The highest BCUT2D eigenvalue weighted by Crippen LogP contribution is 2.24. The summed E-state index contributed by atoms with van der Waals surface area (Å²) in [7, 11) is 0. The number of hydrogen-bond acceptors (Lipinski definition) is 4. The Kier molecular flexibility index (Phi) is 5.25. The standard InChI is InChI=1S/C14H17ClN4OS/c1-8(2)12-17-14(19-18-12)21-9(3)13(20)16-11-7-5-4-6-10(11)15/h4-9H,1-3H3,(H,16,20)(H,17,18,19). The topological polar surface area (TPSA) is 70.7 Å². The number of rotatable bonds is 5. The van der Waals surface area contributed by atoms with Crippen LogP contribution < -0.4 is 5.32 Å². The summed E-state index contributed by atoms with van der Waals surface area (Å²) in [6, 6.07) is 7.14. The first-order chi connectivity index (χ1) is 9.97. The summed E-state index contributed by atoms with van der Waals surface area (Å²) in [5, 5.41) is 10.5. The summed E-state index contributed by atoms with van der Waals surface area (Å²) in [5.41, 5.74) is 0.606. The molecular formula is C14H17ClN4OS. The van der Waals surface area contributed by atoms with E-state index in [9.17, 15) is 4.79 Å². The second-order valence-corrected chi connectivity index (χ2v) is 6.60. The van der Waals surface area contributed by atoms with E-state index in [0.29, 0.717) is 15.9 Å². The number of nitrogens with one attached hydrogen (secondary N) is 2. The maximum Gasteiger partial charge on any atom is 0.237 e. The average molecular weight is 325 g/mol. The maximum atomic E-state index is 12.2. The number of aromatic amines is 1. The summed E-state index contributed by atoms with van der Waals surface area (Å²) >= 11 is 7.33. The third kappa shape index (κ3) is 4.22. The van der Waals surface area contributed by atoms with Crippen molar-refractivity contribution in [2.75, 3.05) is 5.32 Å². The van der Waals surface area contributed by atoms with Crippen LogP contribution in [-0.2, 0) is 4.79 Å². The first-order valence-electron chi connectivity index (χ1n) is 6.61. The molecule has 0 aliphatic heterocycles. The molecule has 0 saturated heterocycles. The van der Waals surface area contributed by atoms with Crippen LogP contribution in [-0.4, -0.2) is 26.3 Å². The first-order valence-corrected chi connectivity index (χ1v) is 7.87. The van der Waals surface area contributed by atoms with Gasteiger partial charge in [0.25, 0.3) is 0 Å². The van der Waals surface area contributed by atoms with Crippen LogP contribution in [0.25, 0.3) is 0 Å². The Balaban J connectivity index is 1.97. The van der Waals surface area contributed by atoms with E-state index in [0.717, 1.165) is 5.82 Å². The van der Waals surface area contributed by atoms with Gasteiger partial charge in [0.2, 0.25) is 11.1 Å². The molecule has 7 heteroatoms. The number of carbonyl (C=O) groups excluding carboxylic acids is 1. The molecule has 1 heterocycles. The fourth-order valence-electron chi connectivity index (χ4n) is 1.58. The molecule has 2 aromatic rings. The number of carbonyl (C=O) groups is 1. The minimum absolute atomic E-state index is 0.135. The van der Waals surface area contributed by atoms with Crippen LogP contribution in [0.4, 0.5) is 5.69 Å². The van der Waals surface area contributed by atoms with Gasteiger partial charge < -0.3 is 5.32 Å². The van der Waals surface area contributed by atoms with Crippen LogP contribution >= 0.6 is 23.4 Å². The Labute approximate surface area is 132 Å². The van der Waals surface area contributed by atoms with E-state index < -0.39 is 0 Å². The number of halogens is 1. The molecule has 1 aromatic carbocycles. The van der Waals surface area contributed by atoms with Crippen molar-refractivity contribution in [3.05, 3.63) is 35.1 Å². The van der Waals surface area contributed by atoms with Crippen LogP contribution in [0.5, 0.6) is 0 Å². The zero-order chi connectivity index (χ0) is 15.4. The SMILES string of the molecule is CC(Sc1n[nH]c(C(C)C)n1)C(=O)Nc1ccccc1Cl. The van der Waals surface area contributed by atoms with Crippen molar-refractivity contribution in [2.24, 2.45) is 0 Å². The van der Waals surface area contributed by atoms with Gasteiger partial charge in [-0.3, -0.25) is 9.89 Å². The second-order valence-electron chi connectivity index (χ2n) is 4.89. The minimum atomic E-state index is -0.322. The fraction of sp³-hybridized carbons (Fsp3) is 0.357. The van der Waals surface area contributed by atoms with Gasteiger partial charge in [-0.15, -0.1) is 5.10 Å². The van der Waals surface area contributed by atoms with E-state index in [1.54, 1.807) is 12.1 Å². The van der Waals surface area contributed by atoms with Crippen LogP contribution in [0.2, 0.25) is 5.02 Å². The second kappa shape index (κ2) is 6.95. The fourth-order valence-corrected chi connectivity index (χ4v) is 2.49. The number of benzene rings is 1. The van der Waals surface area contributed by atoms with Gasteiger partial charge in [-0.1, -0.05) is 49.3 Å². The Morgan fingerprint density at radius 3 is 2.67 bits per heavy atom. The van der Waals surface area contributed by atoms with Crippen molar-refractivity contribution in [3.8, 4) is 0 Å².